The Hall–Kier alpha value is -0.460. The second kappa shape index (κ2) is 7.36. The fourth-order valence-electron chi connectivity index (χ4n) is 3.07. The van der Waals surface area contributed by atoms with E-state index < -0.39 is 11.1 Å². The van der Waals surface area contributed by atoms with Gasteiger partial charge < -0.3 is 14.0 Å². The SMILES string of the molecule is O=COC1CCCC(OC2CCC(S(=O)O)CC2)C1. The van der Waals surface area contributed by atoms with Crippen molar-refractivity contribution in [2.75, 3.05) is 0 Å². The largest absolute Gasteiger partial charge is 0.464 e. The Morgan fingerprint density at radius 1 is 1.00 bits per heavy atom. The zero-order valence-corrected chi connectivity index (χ0v) is 11.8. The van der Waals surface area contributed by atoms with E-state index >= 15 is 0 Å². The zero-order valence-electron chi connectivity index (χ0n) is 11.0. The fourth-order valence-corrected chi connectivity index (χ4v) is 3.75. The topological polar surface area (TPSA) is 72.8 Å². The number of ether oxygens (including phenoxy) is 2. The molecule has 2 fully saturated rings. The summed E-state index contributed by atoms with van der Waals surface area (Å²) in [4.78, 5) is 10.4. The third-order valence-electron chi connectivity index (χ3n) is 4.12. The van der Waals surface area contributed by atoms with Gasteiger partial charge in [0.15, 0.2) is 11.1 Å². The van der Waals surface area contributed by atoms with Gasteiger partial charge in [0.1, 0.15) is 6.10 Å². The summed E-state index contributed by atoms with van der Waals surface area (Å²) in [5, 5.41) is -0.0858. The smallest absolute Gasteiger partial charge is 0.293 e. The van der Waals surface area contributed by atoms with Gasteiger partial charge in [-0.15, -0.1) is 0 Å². The Morgan fingerprint density at radius 3 is 2.32 bits per heavy atom. The predicted octanol–water partition coefficient (Wildman–Crippen LogP) is 2.02. The van der Waals surface area contributed by atoms with Crippen LogP contribution in [-0.2, 0) is 25.3 Å². The molecule has 19 heavy (non-hydrogen) atoms. The van der Waals surface area contributed by atoms with Crippen LogP contribution in [0.2, 0.25) is 0 Å². The van der Waals surface area contributed by atoms with Gasteiger partial charge in [0.05, 0.1) is 17.5 Å². The highest BCUT2D eigenvalue weighted by Gasteiger charge is 2.29. The molecule has 0 aromatic rings. The number of rotatable bonds is 5. The van der Waals surface area contributed by atoms with Crippen LogP contribution in [0.25, 0.3) is 0 Å². The minimum atomic E-state index is -1.70. The van der Waals surface area contributed by atoms with Gasteiger partial charge in [-0.2, -0.15) is 0 Å². The average Bonchev–Trinajstić information content (AvgIpc) is 2.40. The molecule has 0 aromatic carbocycles. The van der Waals surface area contributed by atoms with Crippen molar-refractivity contribution in [3.05, 3.63) is 0 Å². The first kappa shape index (κ1) is 14.9. The van der Waals surface area contributed by atoms with Crippen molar-refractivity contribution in [3.8, 4) is 0 Å². The summed E-state index contributed by atoms with van der Waals surface area (Å²) in [6, 6.07) is 0. The van der Waals surface area contributed by atoms with E-state index in [1.807, 2.05) is 0 Å². The molecule has 0 saturated heterocycles. The summed E-state index contributed by atoms with van der Waals surface area (Å²) in [5.41, 5.74) is 0. The molecule has 0 bridgehead atoms. The molecule has 2 saturated carbocycles. The summed E-state index contributed by atoms with van der Waals surface area (Å²) < 4.78 is 31.1. The zero-order chi connectivity index (χ0) is 13.7. The van der Waals surface area contributed by atoms with Crippen molar-refractivity contribution < 1.29 is 23.0 Å². The summed E-state index contributed by atoms with van der Waals surface area (Å²) >= 11 is -1.70. The molecule has 1 N–H and O–H groups in total. The van der Waals surface area contributed by atoms with E-state index in [0.717, 1.165) is 51.4 Å². The van der Waals surface area contributed by atoms with E-state index in [9.17, 15) is 9.00 Å². The van der Waals surface area contributed by atoms with E-state index in [4.69, 9.17) is 14.0 Å². The lowest BCUT2D eigenvalue weighted by Gasteiger charge is -2.33. The first-order valence-electron chi connectivity index (χ1n) is 7.03. The number of hydrogen-bond donors (Lipinski definition) is 1. The lowest BCUT2D eigenvalue weighted by Crippen LogP contribution is -2.34. The van der Waals surface area contributed by atoms with Crippen LogP contribution < -0.4 is 0 Å². The van der Waals surface area contributed by atoms with Gasteiger partial charge in [-0.1, -0.05) is 0 Å². The maximum atomic E-state index is 11.0. The van der Waals surface area contributed by atoms with Crippen molar-refractivity contribution >= 4 is 17.6 Å². The summed E-state index contributed by atoms with van der Waals surface area (Å²) in [6.45, 7) is 0.523. The molecule has 110 valence electrons. The Kier molecular flexibility index (Phi) is 5.78. The molecular formula is C13H22O5S. The molecule has 0 radical (unpaired) electrons. The molecule has 0 spiro atoms. The highest BCUT2D eigenvalue weighted by atomic mass is 32.2. The molecule has 3 atom stereocenters. The predicted molar refractivity (Wildman–Crippen MR) is 71.1 cm³/mol. The third-order valence-corrected chi connectivity index (χ3v) is 5.16. The van der Waals surface area contributed by atoms with Gasteiger partial charge in [0.25, 0.3) is 6.47 Å². The Balaban J connectivity index is 1.73. The van der Waals surface area contributed by atoms with E-state index in [1.54, 1.807) is 0 Å². The van der Waals surface area contributed by atoms with Crippen molar-refractivity contribution in [2.45, 2.75) is 74.9 Å². The average molecular weight is 290 g/mol. The minimum Gasteiger partial charge on any atom is -0.464 e. The minimum absolute atomic E-state index is 0.00228. The first-order valence-corrected chi connectivity index (χ1v) is 8.20. The van der Waals surface area contributed by atoms with Gasteiger partial charge in [0, 0.05) is 6.42 Å². The second-order valence-corrected chi connectivity index (χ2v) is 6.67. The maximum Gasteiger partial charge on any atom is 0.293 e. The standard InChI is InChI=1S/C13H22O5S/c14-9-17-11-2-1-3-12(8-11)18-10-4-6-13(7-5-10)19(15)16/h9-13H,1-8H2,(H,15,16). The molecule has 5 nitrogen and oxygen atoms in total. The molecule has 0 amide bonds. The van der Waals surface area contributed by atoms with Crippen LogP contribution in [0.3, 0.4) is 0 Å². The quantitative estimate of drug-likeness (QED) is 0.619. The molecule has 0 aliphatic heterocycles. The summed E-state index contributed by atoms with van der Waals surface area (Å²) in [5.74, 6) is 0. The molecule has 0 aromatic heterocycles. The van der Waals surface area contributed by atoms with E-state index in [0.29, 0.717) is 6.47 Å². The van der Waals surface area contributed by atoms with Crippen LogP contribution in [-0.4, -0.2) is 38.8 Å². The van der Waals surface area contributed by atoms with Crippen LogP contribution in [0, 0.1) is 0 Å². The lowest BCUT2D eigenvalue weighted by atomic mass is 9.93. The van der Waals surface area contributed by atoms with Crippen molar-refractivity contribution in [2.24, 2.45) is 0 Å². The lowest BCUT2D eigenvalue weighted by molar-refractivity contribution is -0.139. The monoisotopic (exact) mass is 290 g/mol. The Bertz CT molecular complexity index is 314. The summed E-state index contributed by atoms with van der Waals surface area (Å²) in [6.07, 6.45) is 7.34. The van der Waals surface area contributed by atoms with Gasteiger partial charge in [0.2, 0.25) is 0 Å². The van der Waals surface area contributed by atoms with Crippen LogP contribution in [0.4, 0.5) is 0 Å². The Labute approximate surface area is 116 Å². The molecular weight excluding hydrogens is 268 g/mol. The normalized spacial score (nSPS) is 37.5. The highest BCUT2D eigenvalue weighted by Crippen LogP contribution is 2.29. The molecule has 2 aliphatic rings. The van der Waals surface area contributed by atoms with Gasteiger partial charge >= 0.3 is 0 Å². The number of hydrogen-bond acceptors (Lipinski definition) is 4. The second-order valence-electron chi connectivity index (χ2n) is 5.45. The fraction of sp³-hybridized carbons (Fsp3) is 0.923. The van der Waals surface area contributed by atoms with Gasteiger partial charge in [-0.05, 0) is 44.9 Å². The molecule has 3 unspecified atom stereocenters. The van der Waals surface area contributed by atoms with Crippen LogP contribution in [0.1, 0.15) is 51.4 Å². The van der Waals surface area contributed by atoms with E-state index in [-0.39, 0.29) is 23.6 Å². The maximum absolute atomic E-state index is 11.0. The van der Waals surface area contributed by atoms with E-state index in [2.05, 4.69) is 0 Å². The molecule has 6 heteroatoms. The van der Waals surface area contributed by atoms with Crippen LogP contribution in [0.15, 0.2) is 0 Å². The van der Waals surface area contributed by atoms with Gasteiger partial charge in [-0.3, -0.25) is 4.79 Å². The number of carbonyl (C=O) groups excluding carboxylic acids is 1. The number of carbonyl (C=O) groups is 1. The van der Waals surface area contributed by atoms with Crippen LogP contribution in [0.5, 0.6) is 0 Å². The Morgan fingerprint density at radius 2 is 1.68 bits per heavy atom. The van der Waals surface area contributed by atoms with Gasteiger partial charge in [-0.25, -0.2) is 4.21 Å². The molecule has 0 heterocycles. The van der Waals surface area contributed by atoms with E-state index in [1.165, 1.54) is 0 Å². The molecule has 2 rings (SSSR count). The highest BCUT2D eigenvalue weighted by molar-refractivity contribution is 7.79. The summed E-state index contributed by atoms with van der Waals surface area (Å²) in [7, 11) is 0. The van der Waals surface area contributed by atoms with Crippen molar-refractivity contribution in [3.63, 3.8) is 0 Å². The third kappa shape index (κ3) is 4.54. The molecule has 2 aliphatic carbocycles. The van der Waals surface area contributed by atoms with Crippen LogP contribution >= 0.6 is 0 Å². The first-order chi connectivity index (χ1) is 9.19. The van der Waals surface area contributed by atoms with Crippen molar-refractivity contribution in [1.82, 2.24) is 0 Å². The van der Waals surface area contributed by atoms with Crippen molar-refractivity contribution in [1.29, 1.82) is 0 Å².